The molecule has 0 unspecified atom stereocenters. The molecule has 1 aliphatic rings. The van der Waals surface area contributed by atoms with Crippen molar-refractivity contribution in [1.29, 1.82) is 0 Å². The van der Waals surface area contributed by atoms with Gasteiger partial charge in [-0.1, -0.05) is 13.0 Å². The predicted molar refractivity (Wildman–Crippen MR) is 92.1 cm³/mol. The third-order valence-corrected chi connectivity index (χ3v) is 7.51. The molecule has 1 N–H and O–H groups in total. The number of rotatable bonds is 5. The fraction of sp³-hybridized carbons (Fsp3) is 0.667. The van der Waals surface area contributed by atoms with Gasteiger partial charge in [-0.25, -0.2) is 8.42 Å². The molecule has 0 saturated heterocycles. The summed E-state index contributed by atoms with van der Waals surface area (Å²) in [6.07, 6.45) is -0.342. The van der Waals surface area contributed by atoms with Crippen molar-refractivity contribution in [1.82, 2.24) is 5.32 Å². The normalized spacial score (nSPS) is 22.8. The molecule has 2 rings (SSSR count). The fourth-order valence-electron chi connectivity index (χ4n) is 3.11. The fourth-order valence-corrected chi connectivity index (χ4v) is 4.56. The van der Waals surface area contributed by atoms with Crippen LogP contribution in [0.25, 0.3) is 0 Å². The molecule has 3 nitrogen and oxygen atoms in total. The molecule has 0 atom stereocenters. The van der Waals surface area contributed by atoms with Crippen LogP contribution < -0.4 is 5.32 Å². The summed E-state index contributed by atoms with van der Waals surface area (Å²) in [6.45, 7) is 5.53. The van der Waals surface area contributed by atoms with Gasteiger partial charge in [0.05, 0.1) is 15.2 Å². The Bertz CT molecular complexity index is 691. The van der Waals surface area contributed by atoms with Gasteiger partial charge < -0.3 is 5.32 Å². The van der Waals surface area contributed by atoms with E-state index in [1.54, 1.807) is 13.8 Å². The highest BCUT2D eigenvalue weighted by Crippen LogP contribution is 2.33. The maximum atomic E-state index is 12.9. The van der Waals surface area contributed by atoms with E-state index in [1.165, 1.54) is 6.07 Å². The summed E-state index contributed by atoms with van der Waals surface area (Å²) in [5.74, 6) is 0.694. The van der Waals surface area contributed by atoms with E-state index in [0.717, 1.165) is 43.9 Å². The van der Waals surface area contributed by atoms with Crippen LogP contribution in [0.1, 0.15) is 52.0 Å². The van der Waals surface area contributed by atoms with Gasteiger partial charge >= 0.3 is 6.18 Å². The van der Waals surface area contributed by atoms with E-state index in [2.05, 4.69) is 12.2 Å². The Morgan fingerprint density at radius 3 is 2.28 bits per heavy atom. The van der Waals surface area contributed by atoms with Gasteiger partial charge in [0.1, 0.15) is 0 Å². The second-order valence-electron chi connectivity index (χ2n) is 7.63. The quantitative estimate of drug-likeness (QED) is 0.826. The average molecular weight is 377 g/mol. The molecule has 1 aliphatic carbocycles. The number of sulfone groups is 1. The lowest BCUT2D eigenvalue weighted by Crippen LogP contribution is -2.46. The molecule has 1 aromatic rings. The molecular formula is C18H26F3NO2S. The van der Waals surface area contributed by atoms with Crippen LogP contribution in [0.4, 0.5) is 13.2 Å². The van der Waals surface area contributed by atoms with E-state index < -0.39 is 26.3 Å². The van der Waals surface area contributed by atoms with E-state index >= 15 is 0 Å². The van der Waals surface area contributed by atoms with Gasteiger partial charge in [0, 0.05) is 12.6 Å². The van der Waals surface area contributed by atoms with Crippen LogP contribution in [0.2, 0.25) is 0 Å². The summed E-state index contributed by atoms with van der Waals surface area (Å²) in [5, 5.41) is 3.30. The Hall–Kier alpha value is -1.08. The van der Waals surface area contributed by atoms with Crippen LogP contribution in [0.15, 0.2) is 29.2 Å². The van der Waals surface area contributed by atoms with Crippen LogP contribution >= 0.6 is 0 Å². The maximum absolute atomic E-state index is 12.9. The van der Waals surface area contributed by atoms with Gasteiger partial charge in [-0.3, -0.25) is 0 Å². The van der Waals surface area contributed by atoms with Crippen molar-refractivity contribution in [3.05, 3.63) is 29.8 Å². The highest BCUT2D eigenvalue weighted by molar-refractivity contribution is 7.92. The third-order valence-electron chi connectivity index (χ3n) is 5.03. The van der Waals surface area contributed by atoms with E-state index in [1.807, 2.05) is 0 Å². The summed E-state index contributed by atoms with van der Waals surface area (Å²) >= 11 is 0. The van der Waals surface area contributed by atoms with Crippen molar-refractivity contribution in [3.63, 3.8) is 0 Å². The first-order valence-corrected chi connectivity index (χ1v) is 10.1. The summed E-state index contributed by atoms with van der Waals surface area (Å²) in [5.41, 5.74) is -0.946. The van der Waals surface area contributed by atoms with Gasteiger partial charge in [-0.05, 0) is 63.6 Å². The highest BCUT2D eigenvalue weighted by Gasteiger charge is 2.38. The minimum atomic E-state index is -4.56. The topological polar surface area (TPSA) is 46.2 Å². The van der Waals surface area contributed by atoms with Crippen LogP contribution in [0.3, 0.4) is 0 Å². The molecule has 0 aliphatic heterocycles. The summed E-state index contributed by atoms with van der Waals surface area (Å²) < 4.78 is 63.1. The standard InChI is InChI=1S/C18H26F3NO2S/c1-13-7-9-15(10-8-13)22-12-17(2,3)25(23,24)16-6-4-5-14(11-16)18(19,20)21/h4-6,11,13,15,22H,7-10,12H2,1-3H3/t13-,15+. The summed E-state index contributed by atoms with van der Waals surface area (Å²) in [4.78, 5) is -0.286. The van der Waals surface area contributed by atoms with Crippen molar-refractivity contribution in [2.75, 3.05) is 6.54 Å². The monoisotopic (exact) mass is 377 g/mol. The van der Waals surface area contributed by atoms with Crippen molar-refractivity contribution < 1.29 is 21.6 Å². The van der Waals surface area contributed by atoms with Crippen LogP contribution in [-0.2, 0) is 16.0 Å². The average Bonchev–Trinajstić information content (AvgIpc) is 2.53. The Labute approximate surface area is 147 Å². The van der Waals surface area contributed by atoms with E-state index in [9.17, 15) is 21.6 Å². The highest BCUT2D eigenvalue weighted by atomic mass is 32.2. The van der Waals surface area contributed by atoms with Crippen molar-refractivity contribution in [3.8, 4) is 0 Å². The molecule has 0 heterocycles. The number of alkyl halides is 3. The molecule has 1 saturated carbocycles. The van der Waals surface area contributed by atoms with E-state index in [4.69, 9.17) is 0 Å². The number of nitrogens with one attached hydrogen (secondary N) is 1. The number of benzene rings is 1. The Morgan fingerprint density at radius 1 is 1.12 bits per heavy atom. The van der Waals surface area contributed by atoms with Crippen molar-refractivity contribution in [2.45, 2.75) is 68.3 Å². The number of hydrogen-bond acceptors (Lipinski definition) is 3. The molecule has 0 amide bonds. The van der Waals surface area contributed by atoms with Crippen molar-refractivity contribution in [2.24, 2.45) is 5.92 Å². The zero-order chi connectivity index (χ0) is 18.9. The maximum Gasteiger partial charge on any atom is 0.416 e. The molecule has 7 heteroatoms. The van der Waals surface area contributed by atoms with Crippen LogP contribution in [-0.4, -0.2) is 25.8 Å². The molecule has 0 spiro atoms. The molecule has 25 heavy (non-hydrogen) atoms. The first-order valence-electron chi connectivity index (χ1n) is 8.59. The van der Waals surface area contributed by atoms with Gasteiger partial charge in [0.15, 0.2) is 9.84 Å². The van der Waals surface area contributed by atoms with Gasteiger partial charge in [0.2, 0.25) is 0 Å². The minimum absolute atomic E-state index is 0.213. The molecule has 0 aromatic heterocycles. The number of halogens is 3. The lowest BCUT2D eigenvalue weighted by atomic mass is 9.87. The van der Waals surface area contributed by atoms with Crippen LogP contribution in [0.5, 0.6) is 0 Å². The molecular weight excluding hydrogens is 351 g/mol. The van der Waals surface area contributed by atoms with Gasteiger partial charge in [-0.2, -0.15) is 13.2 Å². The molecule has 0 radical (unpaired) electrons. The van der Waals surface area contributed by atoms with Crippen molar-refractivity contribution >= 4 is 9.84 Å². The summed E-state index contributed by atoms with van der Waals surface area (Å²) in [7, 11) is -3.90. The lowest BCUT2D eigenvalue weighted by Gasteiger charge is -2.31. The Kier molecular flexibility index (Phi) is 5.88. The molecule has 1 fully saturated rings. The van der Waals surface area contributed by atoms with E-state index in [-0.39, 0.29) is 17.5 Å². The Balaban J connectivity index is 2.14. The zero-order valence-electron chi connectivity index (χ0n) is 14.9. The Morgan fingerprint density at radius 2 is 1.72 bits per heavy atom. The van der Waals surface area contributed by atoms with E-state index in [0.29, 0.717) is 5.92 Å². The number of hydrogen-bond donors (Lipinski definition) is 1. The second kappa shape index (κ2) is 7.27. The van der Waals surface area contributed by atoms with Gasteiger partial charge in [0.25, 0.3) is 0 Å². The smallest absolute Gasteiger partial charge is 0.312 e. The van der Waals surface area contributed by atoms with Gasteiger partial charge in [-0.15, -0.1) is 0 Å². The molecule has 142 valence electrons. The third kappa shape index (κ3) is 4.76. The second-order valence-corrected chi connectivity index (χ2v) is 10.2. The summed E-state index contributed by atoms with van der Waals surface area (Å²) in [6, 6.07) is 4.25. The van der Waals surface area contributed by atoms with Crippen LogP contribution in [0, 0.1) is 5.92 Å². The molecule has 0 bridgehead atoms. The first-order chi connectivity index (χ1) is 11.4. The first kappa shape index (κ1) is 20.2. The molecule has 1 aromatic carbocycles. The lowest BCUT2D eigenvalue weighted by molar-refractivity contribution is -0.137. The minimum Gasteiger partial charge on any atom is -0.312 e. The SMILES string of the molecule is CC(C)(CN[C@H]1CC[C@@H](C)CC1)S(=O)(=O)c1cccc(C(F)(F)F)c1. The zero-order valence-corrected chi connectivity index (χ0v) is 15.7. The predicted octanol–water partition coefficient (Wildman–Crippen LogP) is 4.43. The largest absolute Gasteiger partial charge is 0.416 e.